The fraction of sp³-hybridized carbons (Fsp3) is 0.556. The van der Waals surface area contributed by atoms with E-state index in [-0.39, 0.29) is 0 Å². The standard InChI is InChI=1S/C18H24N2O/c1-12(2)5-7-21-16-10-14-4-6-19-18(17(14)20-11-16)15-8-13(3)9-15/h4,6,10-13,15H,5,7-9H2,1-3H3. The maximum absolute atomic E-state index is 5.80. The first-order valence-corrected chi connectivity index (χ1v) is 8.01. The molecule has 1 fully saturated rings. The molecule has 1 saturated carbocycles. The van der Waals surface area contributed by atoms with Crippen molar-refractivity contribution < 1.29 is 4.74 Å². The lowest BCUT2D eigenvalue weighted by Crippen LogP contribution is -2.20. The highest BCUT2D eigenvalue weighted by Gasteiger charge is 2.29. The second-order valence-corrected chi connectivity index (χ2v) is 6.74. The van der Waals surface area contributed by atoms with Crippen molar-refractivity contribution in [3.05, 3.63) is 30.2 Å². The summed E-state index contributed by atoms with van der Waals surface area (Å²) in [4.78, 5) is 9.19. The van der Waals surface area contributed by atoms with E-state index < -0.39 is 0 Å². The molecule has 0 aromatic carbocycles. The van der Waals surface area contributed by atoms with Crippen molar-refractivity contribution in [1.82, 2.24) is 9.97 Å². The maximum atomic E-state index is 5.80. The van der Waals surface area contributed by atoms with E-state index in [1.165, 1.54) is 18.5 Å². The molecule has 0 saturated heterocycles. The van der Waals surface area contributed by atoms with E-state index in [2.05, 4.69) is 36.8 Å². The van der Waals surface area contributed by atoms with Crippen molar-refractivity contribution in [3.8, 4) is 5.75 Å². The number of hydrogen-bond acceptors (Lipinski definition) is 3. The molecule has 21 heavy (non-hydrogen) atoms. The molecule has 0 aliphatic heterocycles. The summed E-state index contributed by atoms with van der Waals surface area (Å²) in [6.07, 6.45) is 7.29. The lowest BCUT2D eigenvalue weighted by Gasteiger charge is -2.32. The topological polar surface area (TPSA) is 35.0 Å². The van der Waals surface area contributed by atoms with E-state index >= 15 is 0 Å². The van der Waals surface area contributed by atoms with Gasteiger partial charge >= 0.3 is 0 Å². The van der Waals surface area contributed by atoms with Gasteiger partial charge in [-0.2, -0.15) is 0 Å². The number of pyridine rings is 2. The smallest absolute Gasteiger partial charge is 0.138 e. The van der Waals surface area contributed by atoms with Gasteiger partial charge in [-0.25, -0.2) is 0 Å². The number of aromatic nitrogens is 2. The third-order valence-electron chi connectivity index (χ3n) is 4.33. The molecule has 0 spiro atoms. The zero-order chi connectivity index (χ0) is 14.8. The molecule has 2 heterocycles. The first-order chi connectivity index (χ1) is 10.1. The second-order valence-electron chi connectivity index (χ2n) is 6.74. The van der Waals surface area contributed by atoms with Crippen LogP contribution in [-0.4, -0.2) is 16.6 Å². The van der Waals surface area contributed by atoms with Crippen LogP contribution in [-0.2, 0) is 0 Å². The minimum absolute atomic E-state index is 0.587. The Kier molecular flexibility index (Phi) is 4.09. The molecular formula is C18H24N2O. The third-order valence-corrected chi connectivity index (χ3v) is 4.33. The molecule has 2 aromatic rings. The highest BCUT2D eigenvalue weighted by Crippen LogP contribution is 2.42. The van der Waals surface area contributed by atoms with Crippen molar-refractivity contribution >= 4 is 10.9 Å². The lowest BCUT2D eigenvalue weighted by molar-refractivity contribution is 0.284. The molecule has 1 aliphatic carbocycles. The van der Waals surface area contributed by atoms with Crippen LogP contribution in [0.5, 0.6) is 5.75 Å². The predicted molar refractivity (Wildman–Crippen MR) is 85.6 cm³/mol. The van der Waals surface area contributed by atoms with E-state index in [0.29, 0.717) is 11.8 Å². The van der Waals surface area contributed by atoms with Crippen LogP contribution in [0.15, 0.2) is 24.5 Å². The highest BCUT2D eigenvalue weighted by molar-refractivity contribution is 5.82. The third kappa shape index (κ3) is 3.17. The molecule has 0 bridgehead atoms. The van der Waals surface area contributed by atoms with Crippen LogP contribution in [0.3, 0.4) is 0 Å². The lowest BCUT2D eigenvalue weighted by atomic mass is 9.74. The van der Waals surface area contributed by atoms with Gasteiger partial charge in [0.2, 0.25) is 0 Å². The van der Waals surface area contributed by atoms with Gasteiger partial charge in [-0.15, -0.1) is 0 Å². The minimum atomic E-state index is 0.587. The summed E-state index contributed by atoms with van der Waals surface area (Å²) in [7, 11) is 0. The summed E-state index contributed by atoms with van der Waals surface area (Å²) >= 11 is 0. The first-order valence-electron chi connectivity index (χ1n) is 8.01. The number of fused-ring (bicyclic) bond motifs is 1. The summed E-state index contributed by atoms with van der Waals surface area (Å²) in [5, 5.41) is 1.14. The van der Waals surface area contributed by atoms with E-state index in [0.717, 1.165) is 35.6 Å². The fourth-order valence-electron chi connectivity index (χ4n) is 2.98. The number of hydrogen-bond donors (Lipinski definition) is 0. The second kappa shape index (κ2) is 6.00. The highest BCUT2D eigenvalue weighted by atomic mass is 16.5. The SMILES string of the molecule is CC(C)CCOc1cnc2c(C3CC(C)C3)nccc2c1. The van der Waals surface area contributed by atoms with Gasteiger partial charge in [0.05, 0.1) is 24.0 Å². The first kappa shape index (κ1) is 14.3. The van der Waals surface area contributed by atoms with Crippen molar-refractivity contribution in [3.63, 3.8) is 0 Å². The van der Waals surface area contributed by atoms with Crippen LogP contribution in [0.25, 0.3) is 10.9 Å². The molecule has 1 aliphatic rings. The molecule has 0 N–H and O–H groups in total. The monoisotopic (exact) mass is 284 g/mol. The zero-order valence-corrected chi connectivity index (χ0v) is 13.2. The molecule has 3 nitrogen and oxygen atoms in total. The fourth-order valence-corrected chi connectivity index (χ4v) is 2.98. The quantitative estimate of drug-likeness (QED) is 0.806. The molecule has 0 atom stereocenters. The normalized spacial score (nSPS) is 21.5. The van der Waals surface area contributed by atoms with Gasteiger partial charge in [0.15, 0.2) is 0 Å². The molecule has 0 radical (unpaired) electrons. The molecule has 3 rings (SSSR count). The van der Waals surface area contributed by atoms with Gasteiger partial charge in [-0.05, 0) is 43.2 Å². The van der Waals surface area contributed by atoms with Gasteiger partial charge in [0.25, 0.3) is 0 Å². The Morgan fingerprint density at radius 3 is 2.81 bits per heavy atom. The van der Waals surface area contributed by atoms with Gasteiger partial charge < -0.3 is 4.74 Å². The largest absolute Gasteiger partial charge is 0.492 e. The summed E-state index contributed by atoms with van der Waals surface area (Å²) in [6, 6.07) is 4.12. The Morgan fingerprint density at radius 1 is 1.29 bits per heavy atom. The average molecular weight is 284 g/mol. The number of rotatable bonds is 5. The predicted octanol–water partition coefficient (Wildman–Crippen LogP) is 4.57. The van der Waals surface area contributed by atoms with Crippen LogP contribution in [0.4, 0.5) is 0 Å². The van der Waals surface area contributed by atoms with E-state index in [1.807, 2.05) is 18.5 Å². The van der Waals surface area contributed by atoms with Crippen LogP contribution < -0.4 is 4.74 Å². The summed E-state index contributed by atoms with van der Waals surface area (Å²) < 4.78 is 5.80. The van der Waals surface area contributed by atoms with E-state index in [1.54, 1.807) is 0 Å². The Morgan fingerprint density at radius 2 is 2.10 bits per heavy atom. The summed E-state index contributed by atoms with van der Waals surface area (Å²) in [5.74, 6) is 2.94. The average Bonchev–Trinajstić information content (AvgIpc) is 2.43. The number of ether oxygens (including phenoxy) is 1. The van der Waals surface area contributed by atoms with Crippen LogP contribution in [0, 0.1) is 11.8 Å². The molecule has 2 aromatic heterocycles. The summed E-state index contributed by atoms with van der Waals surface area (Å²) in [6.45, 7) is 7.47. The molecule has 3 heteroatoms. The van der Waals surface area contributed by atoms with Gasteiger partial charge in [0, 0.05) is 17.5 Å². The molecule has 0 unspecified atom stereocenters. The van der Waals surface area contributed by atoms with Gasteiger partial charge in [0.1, 0.15) is 5.75 Å². The van der Waals surface area contributed by atoms with Crippen LogP contribution >= 0.6 is 0 Å². The Bertz CT molecular complexity index is 618. The van der Waals surface area contributed by atoms with Gasteiger partial charge in [-0.3, -0.25) is 9.97 Å². The maximum Gasteiger partial charge on any atom is 0.138 e. The molecule has 0 amide bonds. The van der Waals surface area contributed by atoms with Crippen molar-refractivity contribution in [2.75, 3.05) is 6.61 Å². The minimum Gasteiger partial charge on any atom is -0.492 e. The van der Waals surface area contributed by atoms with Crippen LogP contribution in [0.2, 0.25) is 0 Å². The van der Waals surface area contributed by atoms with Crippen molar-refractivity contribution in [1.29, 1.82) is 0 Å². The van der Waals surface area contributed by atoms with E-state index in [4.69, 9.17) is 4.74 Å². The van der Waals surface area contributed by atoms with E-state index in [9.17, 15) is 0 Å². The summed E-state index contributed by atoms with van der Waals surface area (Å²) in [5.41, 5.74) is 2.21. The Labute approximate surface area is 126 Å². The number of nitrogens with zero attached hydrogens (tertiary/aromatic N) is 2. The Hall–Kier alpha value is -1.64. The molecular weight excluding hydrogens is 260 g/mol. The van der Waals surface area contributed by atoms with Gasteiger partial charge in [-0.1, -0.05) is 20.8 Å². The zero-order valence-electron chi connectivity index (χ0n) is 13.2. The Balaban J connectivity index is 1.79. The van der Waals surface area contributed by atoms with Crippen molar-refractivity contribution in [2.45, 2.75) is 46.0 Å². The van der Waals surface area contributed by atoms with Crippen molar-refractivity contribution in [2.24, 2.45) is 11.8 Å². The van der Waals surface area contributed by atoms with Crippen LogP contribution in [0.1, 0.15) is 51.6 Å². The molecule has 112 valence electrons.